The number of nitrogens with one attached hydrogen (secondary N) is 1. The highest BCUT2D eigenvalue weighted by Crippen LogP contribution is 2.23. The van der Waals surface area contributed by atoms with E-state index in [1.54, 1.807) is 0 Å². The van der Waals surface area contributed by atoms with Gasteiger partial charge in [-0.2, -0.15) is 0 Å². The summed E-state index contributed by atoms with van der Waals surface area (Å²) in [6, 6.07) is 0.424. The highest BCUT2D eigenvalue weighted by molar-refractivity contribution is 5.76. The van der Waals surface area contributed by atoms with Crippen LogP contribution in [0.25, 0.3) is 0 Å². The Bertz CT molecular complexity index is 332. The van der Waals surface area contributed by atoms with Crippen molar-refractivity contribution in [3.05, 3.63) is 0 Å². The second kappa shape index (κ2) is 6.26. The van der Waals surface area contributed by atoms with Crippen LogP contribution in [0.3, 0.4) is 0 Å². The summed E-state index contributed by atoms with van der Waals surface area (Å²) in [5.74, 6) is -0.831. The van der Waals surface area contributed by atoms with Crippen molar-refractivity contribution < 1.29 is 14.7 Å². The zero-order valence-corrected chi connectivity index (χ0v) is 12.4. The average Bonchev–Trinajstić information content (AvgIpc) is 2.25. The Morgan fingerprint density at radius 1 is 1.26 bits per heavy atom. The van der Waals surface area contributed by atoms with Crippen LogP contribution in [0.4, 0.5) is 4.79 Å². The van der Waals surface area contributed by atoms with Gasteiger partial charge in [-0.05, 0) is 53.4 Å². The lowest BCUT2D eigenvalue weighted by atomic mass is 9.96. The lowest BCUT2D eigenvalue weighted by Gasteiger charge is -2.41. The maximum absolute atomic E-state index is 12.3. The number of carbonyl (C=O) groups excluding carboxylic acids is 1. The van der Waals surface area contributed by atoms with Crippen LogP contribution in [0.15, 0.2) is 0 Å². The van der Waals surface area contributed by atoms with Gasteiger partial charge in [0.1, 0.15) is 0 Å². The minimum absolute atomic E-state index is 0.0678. The molecule has 1 fully saturated rings. The van der Waals surface area contributed by atoms with Gasteiger partial charge in [0.25, 0.3) is 0 Å². The predicted octanol–water partition coefficient (Wildman–Crippen LogP) is 2.60. The van der Waals surface area contributed by atoms with Gasteiger partial charge in [-0.3, -0.25) is 4.79 Å². The summed E-state index contributed by atoms with van der Waals surface area (Å²) in [5.41, 5.74) is -0.494. The van der Waals surface area contributed by atoms with E-state index >= 15 is 0 Å². The molecule has 2 N–H and O–H groups in total. The molecule has 1 rings (SSSR count). The summed E-state index contributed by atoms with van der Waals surface area (Å²) < 4.78 is 0. The minimum Gasteiger partial charge on any atom is -0.481 e. The van der Waals surface area contributed by atoms with Crippen molar-refractivity contribution in [1.82, 2.24) is 10.2 Å². The normalized spacial score (nSPS) is 24.1. The Kier molecular flexibility index (Phi) is 5.20. The first-order valence-corrected chi connectivity index (χ1v) is 7.05. The minimum atomic E-state index is -0.831. The first kappa shape index (κ1) is 15.8. The van der Waals surface area contributed by atoms with Gasteiger partial charge in [-0.1, -0.05) is 0 Å². The molecular formula is C14H26N2O3. The zero-order valence-electron chi connectivity index (χ0n) is 12.4. The van der Waals surface area contributed by atoms with E-state index in [0.29, 0.717) is 6.42 Å². The third kappa shape index (κ3) is 4.73. The standard InChI is InChI=1S/C14H26N2O3/c1-10-6-5-7-11(2)16(10)13(19)15-14(3,4)9-8-12(17)18/h10-11H,5-9H2,1-4H3,(H,15,19)(H,17,18)/t10-,11+. The SMILES string of the molecule is C[C@@H]1CCC[C@H](C)N1C(=O)NC(C)(C)CCC(=O)O. The third-order valence-corrected chi connectivity index (χ3v) is 3.84. The van der Waals surface area contributed by atoms with E-state index in [2.05, 4.69) is 19.2 Å². The fraction of sp³-hybridized carbons (Fsp3) is 0.857. The fourth-order valence-electron chi connectivity index (χ4n) is 2.66. The van der Waals surface area contributed by atoms with Crippen molar-refractivity contribution >= 4 is 12.0 Å². The molecule has 0 unspecified atom stereocenters. The van der Waals surface area contributed by atoms with Crippen molar-refractivity contribution in [3.63, 3.8) is 0 Å². The number of urea groups is 1. The maximum atomic E-state index is 12.3. The number of likely N-dealkylation sites (tertiary alicyclic amines) is 1. The second-order valence-electron chi connectivity index (χ2n) is 6.24. The first-order chi connectivity index (χ1) is 8.73. The molecule has 19 heavy (non-hydrogen) atoms. The molecule has 0 radical (unpaired) electrons. The molecule has 0 spiro atoms. The summed E-state index contributed by atoms with van der Waals surface area (Å²) in [6.45, 7) is 7.87. The zero-order chi connectivity index (χ0) is 14.6. The number of amides is 2. The number of aliphatic carboxylic acids is 1. The van der Waals surface area contributed by atoms with Crippen molar-refractivity contribution in [1.29, 1.82) is 0 Å². The highest BCUT2D eigenvalue weighted by Gasteiger charge is 2.32. The molecule has 1 heterocycles. The Morgan fingerprint density at radius 2 is 1.79 bits per heavy atom. The second-order valence-corrected chi connectivity index (χ2v) is 6.24. The molecule has 5 heteroatoms. The van der Waals surface area contributed by atoms with Crippen LogP contribution in [0.1, 0.15) is 59.8 Å². The molecule has 1 aliphatic rings. The molecule has 1 saturated heterocycles. The van der Waals surface area contributed by atoms with Crippen molar-refractivity contribution in [2.24, 2.45) is 0 Å². The molecule has 0 aliphatic carbocycles. The Hall–Kier alpha value is -1.26. The summed E-state index contributed by atoms with van der Waals surface area (Å²) >= 11 is 0. The van der Waals surface area contributed by atoms with Crippen LogP contribution in [0.2, 0.25) is 0 Å². The monoisotopic (exact) mass is 270 g/mol. The Morgan fingerprint density at radius 3 is 2.26 bits per heavy atom. The summed E-state index contributed by atoms with van der Waals surface area (Å²) in [7, 11) is 0. The van der Waals surface area contributed by atoms with Gasteiger partial charge in [0.05, 0.1) is 0 Å². The predicted molar refractivity (Wildman–Crippen MR) is 74.1 cm³/mol. The molecule has 2 amide bonds. The number of carboxylic acid groups (broad SMARTS) is 1. The maximum Gasteiger partial charge on any atom is 0.318 e. The third-order valence-electron chi connectivity index (χ3n) is 3.84. The van der Waals surface area contributed by atoms with Gasteiger partial charge in [0.2, 0.25) is 0 Å². The average molecular weight is 270 g/mol. The number of hydrogen-bond donors (Lipinski definition) is 2. The highest BCUT2D eigenvalue weighted by atomic mass is 16.4. The molecule has 110 valence electrons. The molecule has 5 nitrogen and oxygen atoms in total. The van der Waals surface area contributed by atoms with Crippen LogP contribution in [-0.2, 0) is 4.79 Å². The van der Waals surface area contributed by atoms with Gasteiger partial charge in [0.15, 0.2) is 0 Å². The van der Waals surface area contributed by atoms with E-state index in [0.717, 1.165) is 19.3 Å². The molecule has 0 bridgehead atoms. The number of hydrogen-bond acceptors (Lipinski definition) is 2. The fourth-order valence-corrected chi connectivity index (χ4v) is 2.66. The Balaban J connectivity index is 2.59. The number of nitrogens with zero attached hydrogens (tertiary/aromatic N) is 1. The molecule has 1 aliphatic heterocycles. The van der Waals surface area contributed by atoms with Gasteiger partial charge in [-0.25, -0.2) is 4.79 Å². The van der Waals surface area contributed by atoms with Gasteiger partial charge in [-0.15, -0.1) is 0 Å². The number of carbonyl (C=O) groups is 2. The van der Waals surface area contributed by atoms with E-state index in [9.17, 15) is 9.59 Å². The first-order valence-electron chi connectivity index (χ1n) is 7.05. The summed E-state index contributed by atoms with van der Waals surface area (Å²) in [4.78, 5) is 24.9. The smallest absolute Gasteiger partial charge is 0.318 e. The lowest BCUT2D eigenvalue weighted by Crippen LogP contribution is -2.56. The largest absolute Gasteiger partial charge is 0.481 e. The molecule has 0 saturated carbocycles. The number of piperidine rings is 1. The van der Waals surface area contributed by atoms with Crippen LogP contribution >= 0.6 is 0 Å². The molecular weight excluding hydrogens is 244 g/mol. The van der Waals surface area contributed by atoms with E-state index in [1.165, 1.54) is 0 Å². The van der Waals surface area contributed by atoms with Crippen molar-refractivity contribution in [3.8, 4) is 0 Å². The van der Waals surface area contributed by atoms with Gasteiger partial charge in [0, 0.05) is 24.0 Å². The van der Waals surface area contributed by atoms with Crippen LogP contribution in [0.5, 0.6) is 0 Å². The van der Waals surface area contributed by atoms with E-state index in [4.69, 9.17) is 5.11 Å². The van der Waals surface area contributed by atoms with E-state index < -0.39 is 11.5 Å². The van der Waals surface area contributed by atoms with E-state index in [1.807, 2.05) is 18.7 Å². The number of carboxylic acids is 1. The van der Waals surface area contributed by atoms with E-state index in [-0.39, 0.29) is 24.5 Å². The molecule has 0 aromatic heterocycles. The molecule has 2 atom stereocenters. The van der Waals surface area contributed by atoms with Crippen LogP contribution in [0, 0.1) is 0 Å². The van der Waals surface area contributed by atoms with Gasteiger partial charge < -0.3 is 15.3 Å². The molecule has 0 aromatic carbocycles. The quantitative estimate of drug-likeness (QED) is 0.825. The lowest BCUT2D eigenvalue weighted by molar-refractivity contribution is -0.137. The van der Waals surface area contributed by atoms with Gasteiger partial charge >= 0.3 is 12.0 Å². The summed E-state index contributed by atoms with van der Waals surface area (Å²) in [6.07, 6.45) is 3.73. The summed E-state index contributed by atoms with van der Waals surface area (Å²) in [5, 5.41) is 11.7. The topological polar surface area (TPSA) is 69.6 Å². The van der Waals surface area contributed by atoms with Crippen LogP contribution in [-0.4, -0.2) is 39.6 Å². The Labute approximate surface area is 115 Å². The van der Waals surface area contributed by atoms with Crippen LogP contribution < -0.4 is 5.32 Å². The molecule has 0 aromatic rings. The van der Waals surface area contributed by atoms with Crippen molar-refractivity contribution in [2.75, 3.05) is 0 Å². The number of rotatable bonds is 4. The van der Waals surface area contributed by atoms with Crippen molar-refractivity contribution in [2.45, 2.75) is 77.4 Å².